The summed E-state index contributed by atoms with van der Waals surface area (Å²) in [5.41, 5.74) is 3.59. The molecule has 0 bridgehead atoms. The van der Waals surface area contributed by atoms with Gasteiger partial charge in [-0.15, -0.1) is 0 Å². The molecule has 1 aliphatic heterocycles. The van der Waals surface area contributed by atoms with Crippen molar-refractivity contribution in [2.45, 2.75) is 25.9 Å². The average molecular weight is 389 g/mol. The van der Waals surface area contributed by atoms with Gasteiger partial charge in [0, 0.05) is 24.7 Å². The van der Waals surface area contributed by atoms with Gasteiger partial charge in [-0.2, -0.15) is 5.10 Å². The normalized spacial score (nSPS) is 14.2. The maximum absolute atomic E-state index is 13.1. The van der Waals surface area contributed by atoms with Crippen LogP contribution in [0.1, 0.15) is 24.1 Å². The second-order valence-corrected chi connectivity index (χ2v) is 7.19. The van der Waals surface area contributed by atoms with Crippen molar-refractivity contribution in [2.24, 2.45) is 0 Å². The first-order chi connectivity index (χ1) is 14.1. The number of nitrogens with zero attached hydrogens (tertiary/aromatic N) is 3. The number of aromatic nitrogens is 2. The molecule has 0 radical (unpaired) electrons. The summed E-state index contributed by atoms with van der Waals surface area (Å²) in [4.78, 5) is 27.3. The molecule has 1 aliphatic rings. The van der Waals surface area contributed by atoms with Crippen molar-refractivity contribution < 1.29 is 9.53 Å². The van der Waals surface area contributed by atoms with E-state index < -0.39 is 6.04 Å². The van der Waals surface area contributed by atoms with Gasteiger partial charge >= 0.3 is 0 Å². The van der Waals surface area contributed by atoms with E-state index in [1.807, 2.05) is 48.5 Å². The van der Waals surface area contributed by atoms with Crippen molar-refractivity contribution in [3.8, 4) is 17.0 Å². The fraction of sp³-hybridized carbons (Fsp3) is 0.261. The fourth-order valence-corrected chi connectivity index (χ4v) is 3.68. The number of rotatable bonds is 4. The van der Waals surface area contributed by atoms with Crippen molar-refractivity contribution in [1.29, 1.82) is 0 Å². The van der Waals surface area contributed by atoms with E-state index in [2.05, 4.69) is 5.10 Å². The number of fused-ring (bicyclic) bond motifs is 1. The molecule has 2 heterocycles. The lowest BCUT2D eigenvalue weighted by atomic mass is 9.99. The lowest BCUT2D eigenvalue weighted by Gasteiger charge is -2.31. The van der Waals surface area contributed by atoms with Gasteiger partial charge in [0.1, 0.15) is 11.8 Å². The molecule has 29 heavy (non-hydrogen) atoms. The molecule has 0 spiro atoms. The third-order valence-corrected chi connectivity index (χ3v) is 5.36. The summed E-state index contributed by atoms with van der Waals surface area (Å²) in [6.45, 7) is 2.86. The average Bonchev–Trinajstić information content (AvgIpc) is 2.78. The van der Waals surface area contributed by atoms with Crippen LogP contribution < -0.4 is 10.3 Å². The van der Waals surface area contributed by atoms with E-state index in [9.17, 15) is 9.59 Å². The topological polar surface area (TPSA) is 64.4 Å². The smallest absolute Gasteiger partial charge is 0.267 e. The maximum atomic E-state index is 13.1. The largest absolute Gasteiger partial charge is 0.497 e. The minimum absolute atomic E-state index is 0.105. The summed E-state index contributed by atoms with van der Waals surface area (Å²) in [5, 5.41) is 4.47. The summed E-state index contributed by atoms with van der Waals surface area (Å²) in [7, 11) is 1.65. The molecule has 4 rings (SSSR count). The highest BCUT2D eigenvalue weighted by Crippen LogP contribution is 2.25. The summed E-state index contributed by atoms with van der Waals surface area (Å²) in [6.07, 6.45) is 0.761. The van der Waals surface area contributed by atoms with Gasteiger partial charge in [-0.3, -0.25) is 9.59 Å². The first-order valence-corrected chi connectivity index (χ1v) is 9.66. The van der Waals surface area contributed by atoms with E-state index >= 15 is 0 Å². The summed E-state index contributed by atoms with van der Waals surface area (Å²) < 4.78 is 6.57. The summed E-state index contributed by atoms with van der Waals surface area (Å²) >= 11 is 0. The Morgan fingerprint density at radius 2 is 1.86 bits per heavy atom. The molecule has 148 valence electrons. The number of ether oxygens (including phenoxy) is 1. The van der Waals surface area contributed by atoms with Crippen LogP contribution in [0.4, 0.5) is 0 Å². The van der Waals surface area contributed by atoms with E-state index in [1.165, 1.54) is 16.3 Å². The van der Waals surface area contributed by atoms with E-state index in [1.54, 1.807) is 25.0 Å². The highest BCUT2D eigenvalue weighted by Gasteiger charge is 2.27. The lowest BCUT2D eigenvalue weighted by Crippen LogP contribution is -2.42. The van der Waals surface area contributed by atoms with Crippen LogP contribution in [0.5, 0.6) is 5.75 Å². The molecule has 1 atom stereocenters. The molecular weight excluding hydrogens is 366 g/mol. The number of amides is 1. The van der Waals surface area contributed by atoms with E-state index in [0.717, 1.165) is 23.3 Å². The van der Waals surface area contributed by atoms with Gasteiger partial charge in [-0.1, -0.05) is 36.4 Å². The van der Waals surface area contributed by atoms with E-state index in [0.29, 0.717) is 18.8 Å². The number of carbonyl (C=O) groups excluding carboxylic acids is 1. The number of methoxy groups -OCH3 is 1. The van der Waals surface area contributed by atoms with Gasteiger partial charge in [0.05, 0.1) is 12.8 Å². The minimum atomic E-state index is -0.675. The molecule has 1 amide bonds. The molecule has 1 unspecified atom stereocenters. The van der Waals surface area contributed by atoms with Gasteiger partial charge < -0.3 is 9.64 Å². The second kappa shape index (κ2) is 7.91. The predicted molar refractivity (Wildman–Crippen MR) is 111 cm³/mol. The maximum Gasteiger partial charge on any atom is 0.267 e. The van der Waals surface area contributed by atoms with Gasteiger partial charge in [-0.25, -0.2) is 4.68 Å². The molecule has 0 N–H and O–H groups in total. The van der Waals surface area contributed by atoms with Crippen LogP contribution in [0.3, 0.4) is 0 Å². The van der Waals surface area contributed by atoms with Gasteiger partial charge in [0.2, 0.25) is 5.91 Å². The Morgan fingerprint density at radius 1 is 1.07 bits per heavy atom. The van der Waals surface area contributed by atoms with Crippen molar-refractivity contribution in [3.05, 3.63) is 82.1 Å². The van der Waals surface area contributed by atoms with Crippen LogP contribution in [-0.2, 0) is 17.8 Å². The van der Waals surface area contributed by atoms with E-state index in [4.69, 9.17) is 4.74 Å². The first kappa shape index (κ1) is 18.9. The number of hydrogen-bond acceptors (Lipinski definition) is 4. The van der Waals surface area contributed by atoms with Crippen LogP contribution in [0.25, 0.3) is 11.3 Å². The third-order valence-electron chi connectivity index (χ3n) is 5.36. The van der Waals surface area contributed by atoms with Crippen molar-refractivity contribution in [2.75, 3.05) is 13.7 Å². The van der Waals surface area contributed by atoms with Gasteiger partial charge in [-0.05, 0) is 42.7 Å². The van der Waals surface area contributed by atoms with Crippen molar-refractivity contribution in [3.63, 3.8) is 0 Å². The Hall–Kier alpha value is -3.41. The summed E-state index contributed by atoms with van der Waals surface area (Å²) in [6, 6.07) is 18.0. The molecule has 6 nitrogen and oxygen atoms in total. The first-order valence-electron chi connectivity index (χ1n) is 9.66. The van der Waals surface area contributed by atoms with Crippen molar-refractivity contribution >= 4 is 5.91 Å². The van der Waals surface area contributed by atoms with Gasteiger partial charge in [0.15, 0.2) is 0 Å². The van der Waals surface area contributed by atoms with Gasteiger partial charge in [0.25, 0.3) is 5.56 Å². The van der Waals surface area contributed by atoms with E-state index in [-0.39, 0.29) is 11.5 Å². The second-order valence-electron chi connectivity index (χ2n) is 7.19. The fourth-order valence-electron chi connectivity index (χ4n) is 3.68. The van der Waals surface area contributed by atoms with Crippen LogP contribution in [-0.4, -0.2) is 34.2 Å². The Labute approximate surface area is 169 Å². The molecule has 3 aromatic rings. The Morgan fingerprint density at radius 3 is 2.62 bits per heavy atom. The zero-order chi connectivity index (χ0) is 20.4. The number of hydrogen-bond donors (Lipinski definition) is 0. The van der Waals surface area contributed by atoms with Crippen LogP contribution >= 0.6 is 0 Å². The molecule has 1 aromatic heterocycles. The third kappa shape index (κ3) is 3.78. The number of carbonyl (C=O) groups is 1. The predicted octanol–water partition coefficient (Wildman–Crippen LogP) is 3.06. The molecule has 0 saturated carbocycles. The molecule has 2 aromatic carbocycles. The molecule has 0 saturated heterocycles. The lowest BCUT2D eigenvalue weighted by molar-refractivity contribution is -0.135. The zero-order valence-corrected chi connectivity index (χ0v) is 16.5. The van der Waals surface area contributed by atoms with Crippen LogP contribution in [0, 0.1) is 0 Å². The molecular formula is C23H23N3O3. The van der Waals surface area contributed by atoms with Crippen LogP contribution in [0.15, 0.2) is 65.5 Å². The van der Waals surface area contributed by atoms with Crippen LogP contribution in [0.2, 0.25) is 0 Å². The molecule has 0 fully saturated rings. The highest BCUT2D eigenvalue weighted by molar-refractivity contribution is 5.80. The summed E-state index contributed by atoms with van der Waals surface area (Å²) in [5.74, 6) is 0.719. The standard InChI is InChI=1S/C23H23N3O3/c1-16(26-22(27)11-10-21(24-26)17-6-4-3-5-7-17)23(28)25-13-12-18-14-20(29-2)9-8-19(18)15-25/h3-11,14,16H,12-13,15H2,1-2H3. The van der Waals surface area contributed by atoms with Crippen molar-refractivity contribution in [1.82, 2.24) is 14.7 Å². The number of benzene rings is 2. The minimum Gasteiger partial charge on any atom is -0.497 e. The quantitative estimate of drug-likeness (QED) is 0.688. The Kier molecular flexibility index (Phi) is 5.16. The highest BCUT2D eigenvalue weighted by atomic mass is 16.5. The molecule has 0 aliphatic carbocycles. The SMILES string of the molecule is COc1ccc2c(c1)CCN(C(=O)C(C)n1nc(-c3ccccc3)ccc1=O)C2. The monoisotopic (exact) mass is 389 g/mol. The Balaban J connectivity index is 1.57. The molecule has 6 heteroatoms. The Bertz CT molecular complexity index is 1090. The zero-order valence-electron chi connectivity index (χ0n) is 16.5.